The van der Waals surface area contributed by atoms with Crippen molar-refractivity contribution in [3.05, 3.63) is 179 Å². The standard InChI is InChI=1S/C64H68BN3S/c1-60(2,3)41-24-28-46(29-25-41)67-53-32-26-43(62(7,8)9)37-52(53)65-57-54(67)39-48(66(44-20-16-14-17-21-44)45-22-18-15-19-23-45)40-55(57)68(47-30-31-50-51(38-47)64(12,13)35-34-63(50,10)11)58-49-36-42(61(4,5)6)27-33-56(49)69-59(58)65/h14-33,36-40H,34-35H2,1-13H3/i14D,15D,16D,17D,18D,19D,20D,21D,22D,23D,24D,25D,26D,28D,29D,32D,37D. The molecule has 69 heavy (non-hydrogen) atoms. The van der Waals surface area contributed by atoms with Crippen LogP contribution in [0, 0.1) is 0 Å². The van der Waals surface area contributed by atoms with Crippen LogP contribution < -0.4 is 30.4 Å². The van der Waals surface area contributed by atoms with Crippen molar-refractivity contribution in [2.24, 2.45) is 0 Å². The summed E-state index contributed by atoms with van der Waals surface area (Å²) in [5.41, 5.74) is 1.74. The van der Waals surface area contributed by atoms with E-state index >= 15 is 0 Å². The van der Waals surface area contributed by atoms with Gasteiger partial charge in [-0.1, -0.05) is 163 Å². The summed E-state index contributed by atoms with van der Waals surface area (Å²) in [6.45, 7) is 25.3. The molecule has 1 aliphatic carbocycles. The van der Waals surface area contributed by atoms with Crippen molar-refractivity contribution in [3.63, 3.8) is 0 Å². The Hall–Kier alpha value is -6.04. The summed E-state index contributed by atoms with van der Waals surface area (Å²) < 4.78 is 164. The number of thiophene rings is 1. The minimum absolute atomic E-state index is 0.0720. The molecule has 1 aromatic heterocycles. The van der Waals surface area contributed by atoms with Crippen molar-refractivity contribution in [2.45, 2.75) is 130 Å². The van der Waals surface area contributed by atoms with E-state index in [2.05, 4.69) is 89.8 Å². The average Bonchev–Trinajstić information content (AvgIpc) is 1.11. The maximum absolute atomic E-state index is 10.6. The van der Waals surface area contributed by atoms with Crippen LogP contribution in [-0.4, -0.2) is 6.71 Å². The minimum Gasteiger partial charge on any atom is -0.311 e. The summed E-state index contributed by atoms with van der Waals surface area (Å²) in [5, 5.41) is 0.826. The van der Waals surface area contributed by atoms with Crippen LogP contribution in [0.4, 0.5) is 51.2 Å². The van der Waals surface area contributed by atoms with Crippen LogP contribution in [0.5, 0.6) is 0 Å². The quantitative estimate of drug-likeness (QED) is 0.159. The lowest BCUT2D eigenvalue weighted by molar-refractivity contribution is 0.332. The van der Waals surface area contributed by atoms with Gasteiger partial charge in [-0.05, 0) is 157 Å². The number of fused-ring (bicyclic) bond motifs is 7. The van der Waals surface area contributed by atoms with Gasteiger partial charge in [0, 0.05) is 54.7 Å². The molecule has 0 atom stereocenters. The molecule has 0 unspecified atom stereocenters. The third-order valence-corrected chi connectivity index (χ3v) is 15.6. The second-order valence-electron chi connectivity index (χ2n) is 23.3. The minimum atomic E-state index is -0.980. The van der Waals surface area contributed by atoms with Gasteiger partial charge >= 0.3 is 0 Å². The zero-order chi connectivity index (χ0) is 63.4. The number of hydrogen-bond donors (Lipinski definition) is 0. The van der Waals surface area contributed by atoms with Crippen molar-refractivity contribution in [3.8, 4) is 0 Å². The van der Waals surface area contributed by atoms with E-state index in [1.165, 1.54) is 22.3 Å². The van der Waals surface area contributed by atoms with Crippen molar-refractivity contribution >= 4 is 95.0 Å². The lowest BCUT2D eigenvalue weighted by atomic mass is 9.36. The molecule has 3 heterocycles. The van der Waals surface area contributed by atoms with E-state index in [4.69, 9.17) is 8.22 Å². The molecule has 8 aromatic rings. The largest absolute Gasteiger partial charge is 0.311 e. The molecular weight excluding hydrogens is 854 g/mol. The summed E-state index contributed by atoms with van der Waals surface area (Å²) in [6.07, 6.45) is 1.80. The second-order valence-corrected chi connectivity index (χ2v) is 24.4. The molecule has 0 fully saturated rings. The van der Waals surface area contributed by atoms with Gasteiger partial charge in [0.15, 0.2) is 0 Å². The first-order valence-electron chi connectivity index (χ1n) is 32.4. The van der Waals surface area contributed by atoms with Gasteiger partial charge in [0.25, 0.3) is 6.71 Å². The molecule has 0 N–H and O–H groups in total. The summed E-state index contributed by atoms with van der Waals surface area (Å²) in [4.78, 5) is 4.57. The van der Waals surface area contributed by atoms with E-state index in [9.17, 15) is 15.1 Å². The summed E-state index contributed by atoms with van der Waals surface area (Å²) in [5.74, 6) is 0. The first kappa shape index (κ1) is 29.9. The predicted molar refractivity (Wildman–Crippen MR) is 302 cm³/mol. The van der Waals surface area contributed by atoms with Crippen LogP contribution >= 0.6 is 11.3 Å². The first-order chi connectivity index (χ1) is 39.7. The fourth-order valence-electron chi connectivity index (χ4n) is 10.3. The first-order valence-corrected chi connectivity index (χ1v) is 24.7. The Morgan fingerprint density at radius 2 is 1.10 bits per heavy atom. The van der Waals surface area contributed by atoms with Gasteiger partial charge in [0.05, 0.1) is 34.7 Å². The molecule has 0 saturated heterocycles. The number of rotatable bonds is 5. The van der Waals surface area contributed by atoms with Gasteiger partial charge in [-0.3, -0.25) is 0 Å². The molecule has 0 bridgehead atoms. The van der Waals surface area contributed by atoms with Gasteiger partial charge in [-0.15, -0.1) is 11.3 Å². The van der Waals surface area contributed by atoms with Crippen molar-refractivity contribution in [2.75, 3.05) is 14.7 Å². The third-order valence-electron chi connectivity index (χ3n) is 14.4. The Labute approximate surface area is 440 Å². The van der Waals surface area contributed by atoms with Crippen LogP contribution in [0.2, 0.25) is 0 Å². The third kappa shape index (κ3) is 7.53. The SMILES string of the molecule is [2H]c1c([2H])c([2H])c(N(c2cc3c4c(c2)N(c2ccc5c(c2)C(C)(C)CCC5(C)C)c2c(sc5ccc(C(C)(C)C)cc25)B4c2c([2H])c(C(C)(C)C)c([2H])c([2H])c2N3c2c([2H])c([2H])c(C(C)(C)C)c([2H])c2[2H])c2c([2H])c([2H])c([2H])c([2H])c2[2H])c([2H])c1[2H]. The van der Waals surface area contributed by atoms with Gasteiger partial charge in [-0.25, -0.2) is 0 Å². The second kappa shape index (κ2) is 15.7. The highest BCUT2D eigenvalue weighted by atomic mass is 32.1. The Kier molecular flexibility index (Phi) is 6.81. The normalized spacial score (nSPS) is 19.4. The Morgan fingerprint density at radius 1 is 0.536 bits per heavy atom. The summed E-state index contributed by atoms with van der Waals surface area (Å²) in [7, 11) is 0. The summed E-state index contributed by atoms with van der Waals surface area (Å²) in [6, 6.07) is 5.69. The van der Waals surface area contributed by atoms with Gasteiger partial charge in [0.1, 0.15) is 0 Å². The van der Waals surface area contributed by atoms with Gasteiger partial charge in [0.2, 0.25) is 0 Å². The fourth-order valence-corrected chi connectivity index (χ4v) is 11.6. The van der Waals surface area contributed by atoms with E-state index in [-0.39, 0.29) is 85.8 Å². The highest BCUT2D eigenvalue weighted by Gasteiger charge is 2.47. The van der Waals surface area contributed by atoms with Crippen molar-refractivity contribution in [1.29, 1.82) is 0 Å². The lowest BCUT2D eigenvalue weighted by Crippen LogP contribution is -2.60. The summed E-state index contributed by atoms with van der Waals surface area (Å²) >= 11 is 1.50. The Bertz CT molecular complexity index is 4160. The molecule has 0 saturated carbocycles. The number of anilines is 9. The maximum Gasteiger partial charge on any atom is 0.264 e. The van der Waals surface area contributed by atoms with Crippen LogP contribution in [0.25, 0.3) is 10.1 Å². The van der Waals surface area contributed by atoms with Crippen LogP contribution in [-0.2, 0) is 27.1 Å². The number of hydrogen-bond acceptors (Lipinski definition) is 4. The molecule has 2 aliphatic heterocycles. The fraction of sp³-hybridized carbons (Fsp3) is 0.312. The molecule has 11 rings (SSSR count). The highest BCUT2D eigenvalue weighted by molar-refractivity contribution is 7.33. The maximum atomic E-state index is 10.6. The molecule has 0 amide bonds. The average molecular weight is 939 g/mol. The molecule has 348 valence electrons. The number of nitrogens with zero attached hydrogens (tertiary/aromatic N) is 3. The van der Waals surface area contributed by atoms with E-state index < -0.39 is 101 Å². The molecule has 0 radical (unpaired) electrons. The van der Waals surface area contributed by atoms with Crippen molar-refractivity contribution in [1.82, 2.24) is 0 Å². The Balaban J connectivity index is 1.45. The lowest BCUT2D eigenvalue weighted by Gasteiger charge is -2.45. The van der Waals surface area contributed by atoms with E-state index in [0.717, 1.165) is 49.3 Å². The number of benzene rings is 7. The van der Waals surface area contributed by atoms with Crippen LogP contribution in [0.15, 0.2) is 151 Å². The molecule has 0 spiro atoms. The number of para-hydroxylation sites is 2. The monoisotopic (exact) mass is 939 g/mol. The van der Waals surface area contributed by atoms with Crippen LogP contribution in [0.1, 0.15) is 154 Å². The van der Waals surface area contributed by atoms with E-state index in [1.807, 2.05) is 20.8 Å². The molecule has 3 nitrogen and oxygen atoms in total. The van der Waals surface area contributed by atoms with Crippen molar-refractivity contribution < 1.29 is 23.3 Å². The van der Waals surface area contributed by atoms with Crippen LogP contribution in [0.3, 0.4) is 0 Å². The van der Waals surface area contributed by atoms with Gasteiger partial charge < -0.3 is 14.7 Å². The topological polar surface area (TPSA) is 9.72 Å². The zero-order valence-corrected chi connectivity index (χ0v) is 42.7. The highest BCUT2D eigenvalue weighted by Crippen LogP contribution is 2.53. The van der Waals surface area contributed by atoms with Gasteiger partial charge in [-0.2, -0.15) is 0 Å². The smallest absolute Gasteiger partial charge is 0.264 e. The molecule has 5 heteroatoms. The van der Waals surface area contributed by atoms with E-state index in [1.54, 1.807) is 26.8 Å². The predicted octanol–water partition coefficient (Wildman–Crippen LogP) is 16.7. The zero-order valence-electron chi connectivity index (χ0n) is 58.9. The van der Waals surface area contributed by atoms with E-state index in [0.29, 0.717) is 22.5 Å². The molecular formula is C64H68BN3S. The molecule has 3 aliphatic rings. The molecule has 7 aromatic carbocycles. The Morgan fingerprint density at radius 3 is 1.70 bits per heavy atom.